The highest BCUT2D eigenvalue weighted by molar-refractivity contribution is 5.77. The first kappa shape index (κ1) is 11.5. The van der Waals surface area contributed by atoms with E-state index in [9.17, 15) is 0 Å². The molecule has 19 heavy (non-hydrogen) atoms. The Bertz CT molecular complexity index is 604. The van der Waals surface area contributed by atoms with E-state index in [1.807, 2.05) is 0 Å². The second kappa shape index (κ2) is 4.34. The van der Waals surface area contributed by atoms with Gasteiger partial charge in [-0.3, -0.25) is 0 Å². The molecule has 1 atom stereocenters. The highest BCUT2D eigenvalue weighted by atomic mass is 15.1. The Morgan fingerprint density at radius 2 is 2.11 bits per heavy atom. The van der Waals surface area contributed by atoms with Gasteiger partial charge in [-0.15, -0.1) is 0 Å². The van der Waals surface area contributed by atoms with Gasteiger partial charge in [-0.05, 0) is 49.9 Å². The summed E-state index contributed by atoms with van der Waals surface area (Å²) in [5, 5.41) is 3.57. The molecule has 2 fully saturated rings. The molecule has 0 radical (unpaired) electrons. The number of nitrogens with zero attached hydrogens (tertiary/aromatic N) is 2. The predicted octanol–water partition coefficient (Wildman–Crippen LogP) is 3.27. The van der Waals surface area contributed by atoms with Crippen LogP contribution in [0.5, 0.6) is 0 Å². The summed E-state index contributed by atoms with van der Waals surface area (Å²) in [4.78, 5) is 4.90. The highest BCUT2D eigenvalue weighted by Crippen LogP contribution is 2.37. The lowest BCUT2D eigenvalue weighted by Crippen LogP contribution is -2.13. The summed E-state index contributed by atoms with van der Waals surface area (Å²) in [6, 6.07) is 7.36. The molecule has 4 rings (SSSR count). The molecular formula is C16H21N3. The van der Waals surface area contributed by atoms with Crippen molar-refractivity contribution in [2.45, 2.75) is 44.1 Å². The molecule has 1 N–H and O–H groups in total. The van der Waals surface area contributed by atoms with Crippen molar-refractivity contribution in [3.05, 3.63) is 29.6 Å². The van der Waals surface area contributed by atoms with Gasteiger partial charge >= 0.3 is 0 Å². The van der Waals surface area contributed by atoms with Gasteiger partial charge in [0.15, 0.2) is 0 Å². The van der Waals surface area contributed by atoms with Crippen molar-refractivity contribution in [3.8, 4) is 0 Å². The molecule has 1 saturated carbocycles. The van der Waals surface area contributed by atoms with Crippen molar-refractivity contribution >= 4 is 11.0 Å². The molecule has 2 aliphatic rings. The Labute approximate surface area is 114 Å². The van der Waals surface area contributed by atoms with Gasteiger partial charge in [0.1, 0.15) is 5.82 Å². The van der Waals surface area contributed by atoms with Crippen LogP contribution in [0.15, 0.2) is 18.2 Å². The molecule has 1 saturated heterocycles. The van der Waals surface area contributed by atoms with E-state index >= 15 is 0 Å². The summed E-state index contributed by atoms with van der Waals surface area (Å²) in [7, 11) is 2.16. The van der Waals surface area contributed by atoms with Gasteiger partial charge in [0.2, 0.25) is 0 Å². The van der Waals surface area contributed by atoms with E-state index in [4.69, 9.17) is 4.98 Å². The fraction of sp³-hybridized carbons (Fsp3) is 0.562. The molecule has 1 aliphatic heterocycles. The largest absolute Gasteiger partial charge is 0.331 e. The zero-order chi connectivity index (χ0) is 12.8. The molecule has 1 aromatic heterocycles. The topological polar surface area (TPSA) is 29.9 Å². The summed E-state index contributed by atoms with van der Waals surface area (Å²) >= 11 is 0. The molecular weight excluding hydrogens is 234 g/mol. The first-order valence-corrected chi connectivity index (χ1v) is 7.52. The summed E-state index contributed by atoms with van der Waals surface area (Å²) in [6.07, 6.45) is 6.54. The zero-order valence-electron chi connectivity index (χ0n) is 11.5. The minimum Gasteiger partial charge on any atom is -0.331 e. The number of hydrogen-bond donors (Lipinski definition) is 1. The lowest BCUT2D eigenvalue weighted by atomic mass is 9.85. The monoisotopic (exact) mass is 255 g/mol. The van der Waals surface area contributed by atoms with Gasteiger partial charge in [-0.25, -0.2) is 4.98 Å². The quantitative estimate of drug-likeness (QED) is 0.892. The van der Waals surface area contributed by atoms with E-state index < -0.39 is 0 Å². The Kier molecular flexibility index (Phi) is 2.62. The van der Waals surface area contributed by atoms with Gasteiger partial charge in [-0.2, -0.15) is 0 Å². The average Bonchev–Trinajstić information content (AvgIpc) is 2.97. The standard InChI is InChI=1S/C16H21N3/c1-19-15-8-7-12(13-6-3-9-17-13)10-14(15)18-16(19)11-4-2-5-11/h7-8,10-11,13,17H,2-6,9H2,1H3. The maximum atomic E-state index is 4.90. The third-order valence-electron chi connectivity index (χ3n) is 4.87. The number of aryl methyl sites for hydroxylation is 1. The van der Waals surface area contributed by atoms with Crippen molar-refractivity contribution in [1.29, 1.82) is 0 Å². The van der Waals surface area contributed by atoms with Crippen LogP contribution in [0.1, 0.15) is 55.5 Å². The summed E-state index contributed by atoms with van der Waals surface area (Å²) in [5.74, 6) is 1.99. The molecule has 0 amide bonds. The second-order valence-electron chi connectivity index (χ2n) is 6.05. The maximum Gasteiger partial charge on any atom is 0.112 e. The third kappa shape index (κ3) is 1.79. The van der Waals surface area contributed by atoms with Crippen molar-refractivity contribution in [3.63, 3.8) is 0 Å². The van der Waals surface area contributed by atoms with Gasteiger partial charge in [0, 0.05) is 19.0 Å². The summed E-state index contributed by atoms with van der Waals surface area (Å²) in [5.41, 5.74) is 3.86. The number of imidazole rings is 1. The zero-order valence-corrected chi connectivity index (χ0v) is 11.5. The maximum absolute atomic E-state index is 4.90. The van der Waals surface area contributed by atoms with Crippen molar-refractivity contribution < 1.29 is 0 Å². The average molecular weight is 255 g/mol. The Morgan fingerprint density at radius 3 is 2.79 bits per heavy atom. The fourth-order valence-electron chi connectivity index (χ4n) is 3.45. The lowest BCUT2D eigenvalue weighted by Gasteiger charge is -2.24. The molecule has 2 heterocycles. The van der Waals surface area contributed by atoms with Gasteiger partial charge in [-0.1, -0.05) is 12.5 Å². The van der Waals surface area contributed by atoms with Gasteiger partial charge in [0.05, 0.1) is 11.0 Å². The molecule has 1 aliphatic carbocycles. The van der Waals surface area contributed by atoms with E-state index in [1.54, 1.807) is 0 Å². The highest BCUT2D eigenvalue weighted by Gasteiger charge is 2.25. The smallest absolute Gasteiger partial charge is 0.112 e. The molecule has 3 heteroatoms. The van der Waals surface area contributed by atoms with Crippen LogP contribution < -0.4 is 5.32 Å². The lowest BCUT2D eigenvalue weighted by molar-refractivity contribution is 0.395. The van der Waals surface area contributed by atoms with Crippen LogP contribution in [0.25, 0.3) is 11.0 Å². The summed E-state index contributed by atoms with van der Waals surface area (Å²) in [6.45, 7) is 1.15. The molecule has 0 bridgehead atoms. The number of benzene rings is 1. The van der Waals surface area contributed by atoms with E-state index in [2.05, 4.69) is 35.1 Å². The van der Waals surface area contributed by atoms with Gasteiger partial charge < -0.3 is 9.88 Å². The van der Waals surface area contributed by atoms with Crippen molar-refractivity contribution in [2.75, 3.05) is 6.54 Å². The van der Waals surface area contributed by atoms with Crippen LogP contribution in [0.2, 0.25) is 0 Å². The first-order chi connectivity index (χ1) is 9.33. The second-order valence-corrected chi connectivity index (χ2v) is 6.05. The molecule has 2 aromatic rings. The number of fused-ring (bicyclic) bond motifs is 1. The normalized spacial score (nSPS) is 23.9. The van der Waals surface area contributed by atoms with Gasteiger partial charge in [0.25, 0.3) is 0 Å². The van der Waals surface area contributed by atoms with E-state index in [0.29, 0.717) is 12.0 Å². The van der Waals surface area contributed by atoms with Crippen LogP contribution >= 0.6 is 0 Å². The number of hydrogen-bond acceptors (Lipinski definition) is 2. The van der Waals surface area contributed by atoms with Crippen LogP contribution in [-0.2, 0) is 7.05 Å². The molecule has 1 unspecified atom stereocenters. The number of nitrogens with one attached hydrogen (secondary N) is 1. The van der Waals surface area contributed by atoms with Crippen molar-refractivity contribution in [1.82, 2.24) is 14.9 Å². The van der Waals surface area contributed by atoms with Crippen LogP contribution in [0.4, 0.5) is 0 Å². The Morgan fingerprint density at radius 1 is 1.21 bits per heavy atom. The van der Waals surface area contributed by atoms with E-state index in [-0.39, 0.29) is 0 Å². The predicted molar refractivity (Wildman–Crippen MR) is 77.3 cm³/mol. The van der Waals surface area contributed by atoms with Crippen molar-refractivity contribution in [2.24, 2.45) is 7.05 Å². The first-order valence-electron chi connectivity index (χ1n) is 7.52. The molecule has 0 spiro atoms. The Hall–Kier alpha value is -1.35. The Balaban J connectivity index is 1.76. The van der Waals surface area contributed by atoms with Crippen LogP contribution in [0.3, 0.4) is 0 Å². The fourth-order valence-corrected chi connectivity index (χ4v) is 3.45. The molecule has 3 nitrogen and oxygen atoms in total. The molecule has 100 valence electrons. The minimum absolute atomic E-state index is 0.540. The third-order valence-corrected chi connectivity index (χ3v) is 4.87. The number of aromatic nitrogens is 2. The minimum atomic E-state index is 0.540. The van der Waals surface area contributed by atoms with E-state index in [0.717, 1.165) is 6.54 Å². The summed E-state index contributed by atoms with van der Waals surface area (Å²) < 4.78 is 2.30. The molecule has 1 aromatic carbocycles. The number of rotatable bonds is 2. The van der Waals surface area contributed by atoms with Crippen LogP contribution in [-0.4, -0.2) is 16.1 Å². The van der Waals surface area contributed by atoms with E-state index in [1.165, 1.54) is 54.5 Å². The van der Waals surface area contributed by atoms with Crippen LogP contribution in [0, 0.1) is 0 Å². The SMILES string of the molecule is Cn1c(C2CCC2)nc2cc(C3CCCN3)ccc21.